The summed E-state index contributed by atoms with van der Waals surface area (Å²) in [6.07, 6.45) is 1.68. The smallest absolute Gasteiger partial charge is 0.338 e. The average Bonchev–Trinajstić information content (AvgIpc) is 3.15. The minimum atomic E-state index is -3.61. The fourth-order valence-electron chi connectivity index (χ4n) is 2.54. The average molecular weight is 382 g/mol. The molecule has 144 valence electrons. The predicted octanol–water partition coefficient (Wildman–Crippen LogP) is 1.79. The van der Waals surface area contributed by atoms with Crippen LogP contribution >= 0.6 is 0 Å². The lowest BCUT2D eigenvalue weighted by atomic mass is 10.1. The number of amides is 1. The summed E-state index contributed by atoms with van der Waals surface area (Å²) in [6, 6.07) is 5.70. The molecule has 0 aliphatic carbocycles. The highest BCUT2D eigenvalue weighted by molar-refractivity contribution is 7.89. The van der Waals surface area contributed by atoms with E-state index in [0.717, 1.165) is 12.8 Å². The zero-order valence-electron chi connectivity index (χ0n) is 15.4. The van der Waals surface area contributed by atoms with Gasteiger partial charge < -0.3 is 10.1 Å². The van der Waals surface area contributed by atoms with Crippen LogP contribution in [0.5, 0.6) is 0 Å². The van der Waals surface area contributed by atoms with Crippen LogP contribution in [0.3, 0.4) is 0 Å². The summed E-state index contributed by atoms with van der Waals surface area (Å²) in [6.45, 7) is 6.40. The van der Waals surface area contributed by atoms with Gasteiger partial charge in [0.2, 0.25) is 10.0 Å². The quantitative estimate of drug-likeness (QED) is 0.726. The number of nitrogens with one attached hydrogen (secondary N) is 1. The molecule has 1 heterocycles. The van der Waals surface area contributed by atoms with Crippen molar-refractivity contribution in [1.29, 1.82) is 0 Å². The van der Waals surface area contributed by atoms with Crippen LogP contribution in [0.2, 0.25) is 0 Å². The number of nitrogens with zero attached hydrogens (tertiary/aromatic N) is 1. The zero-order valence-corrected chi connectivity index (χ0v) is 16.2. The maximum absolute atomic E-state index is 12.6. The molecule has 26 heavy (non-hydrogen) atoms. The summed E-state index contributed by atoms with van der Waals surface area (Å²) in [4.78, 5) is 24.0. The van der Waals surface area contributed by atoms with Gasteiger partial charge in [0.15, 0.2) is 6.61 Å². The van der Waals surface area contributed by atoms with Crippen molar-refractivity contribution in [2.45, 2.75) is 44.6 Å². The van der Waals surface area contributed by atoms with Gasteiger partial charge in [-0.25, -0.2) is 13.2 Å². The van der Waals surface area contributed by atoms with E-state index in [1.807, 2.05) is 20.8 Å². The third-order valence-electron chi connectivity index (χ3n) is 4.50. The third-order valence-corrected chi connectivity index (χ3v) is 6.39. The van der Waals surface area contributed by atoms with Crippen molar-refractivity contribution < 1.29 is 22.7 Å². The number of hydrogen-bond donors (Lipinski definition) is 1. The zero-order chi connectivity index (χ0) is 19.3. The maximum Gasteiger partial charge on any atom is 0.338 e. The molecule has 1 amide bonds. The molecule has 1 aliphatic heterocycles. The van der Waals surface area contributed by atoms with Crippen LogP contribution in [0.1, 0.15) is 44.0 Å². The van der Waals surface area contributed by atoms with Crippen molar-refractivity contribution in [3.63, 3.8) is 0 Å². The first-order valence-electron chi connectivity index (χ1n) is 8.78. The molecule has 1 saturated heterocycles. The fourth-order valence-corrected chi connectivity index (χ4v) is 4.10. The van der Waals surface area contributed by atoms with Crippen LogP contribution in [0.4, 0.5) is 0 Å². The van der Waals surface area contributed by atoms with Gasteiger partial charge in [0.25, 0.3) is 5.91 Å². The van der Waals surface area contributed by atoms with Crippen molar-refractivity contribution in [3.05, 3.63) is 29.8 Å². The molecule has 8 heteroatoms. The molecule has 0 spiro atoms. The molecule has 1 aromatic carbocycles. The van der Waals surface area contributed by atoms with Gasteiger partial charge in [-0.05, 0) is 43.9 Å². The van der Waals surface area contributed by atoms with Crippen molar-refractivity contribution in [3.8, 4) is 0 Å². The van der Waals surface area contributed by atoms with E-state index in [1.165, 1.54) is 28.6 Å². The molecule has 1 aliphatic rings. The lowest BCUT2D eigenvalue weighted by Crippen LogP contribution is -2.38. The molecule has 2 rings (SSSR count). The summed E-state index contributed by atoms with van der Waals surface area (Å²) in [5.74, 6) is -0.849. The Morgan fingerprint density at radius 2 is 1.85 bits per heavy atom. The largest absolute Gasteiger partial charge is 0.452 e. The molecule has 0 bridgehead atoms. The first-order chi connectivity index (χ1) is 12.2. The number of carbonyl (C=O) groups is 2. The first kappa shape index (κ1) is 20.4. The van der Waals surface area contributed by atoms with Crippen molar-refractivity contribution in [2.75, 3.05) is 19.7 Å². The minimum Gasteiger partial charge on any atom is -0.452 e. The Balaban J connectivity index is 2.01. The second-order valence-corrected chi connectivity index (χ2v) is 8.75. The van der Waals surface area contributed by atoms with Crippen LogP contribution in [-0.2, 0) is 19.6 Å². The van der Waals surface area contributed by atoms with Crippen LogP contribution in [-0.4, -0.2) is 50.3 Å². The van der Waals surface area contributed by atoms with Gasteiger partial charge in [0, 0.05) is 19.1 Å². The van der Waals surface area contributed by atoms with Gasteiger partial charge in [0.05, 0.1) is 10.5 Å². The standard InChI is InChI=1S/C18H26N2O5S/c1-13(2)14(3)19-17(21)12-25-18(22)15-7-6-8-16(11-15)26(23,24)20-9-4-5-10-20/h6-8,11,13-14H,4-5,9-10,12H2,1-3H3,(H,19,21)/t14-/m0/s1. The molecule has 1 N–H and O–H groups in total. The van der Waals surface area contributed by atoms with E-state index < -0.39 is 22.6 Å². The normalized spacial score (nSPS) is 16.5. The second kappa shape index (κ2) is 8.64. The second-order valence-electron chi connectivity index (χ2n) is 6.82. The number of carbonyl (C=O) groups excluding carboxylic acids is 2. The van der Waals surface area contributed by atoms with Crippen molar-refractivity contribution in [1.82, 2.24) is 9.62 Å². The molecule has 0 aromatic heterocycles. The molecule has 0 saturated carbocycles. The summed E-state index contributed by atoms with van der Waals surface area (Å²) in [5.41, 5.74) is 0.106. The first-order valence-corrected chi connectivity index (χ1v) is 10.2. The monoisotopic (exact) mass is 382 g/mol. The number of esters is 1. The topological polar surface area (TPSA) is 92.8 Å². The Kier molecular flexibility index (Phi) is 6.77. The maximum atomic E-state index is 12.6. The summed E-state index contributed by atoms with van der Waals surface area (Å²) < 4.78 is 31.6. The van der Waals surface area contributed by atoms with Crippen LogP contribution in [0.25, 0.3) is 0 Å². The Morgan fingerprint density at radius 3 is 2.46 bits per heavy atom. The highest BCUT2D eigenvalue weighted by Crippen LogP contribution is 2.21. The molecule has 1 fully saturated rings. The summed E-state index contributed by atoms with van der Waals surface area (Å²) in [5, 5.41) is 2.74. The molecular formula is C18H26N2O5S. The van der Waals surface area contributed by atoms with Crippen LogP contribution < -0.4 is 5.32 Å². The molecule has 7 nitrogen and oxygen atoms in total. The molecule has 1 atom stereocenters. The van der Waals surface area contributed by atoms with Crippen molar-refractivity contribution >= 4 is 21.9 Å². The fraction of sp³-hybridized carbons (Fsp3) is 0.556. The highest BCUT2D eigenvalue weighted by Gasteiger charge is 2.27. The molecule has 1 aromatic rings. The number of benzene rings is 1. The Bertz CT molecular complexity index is 755. The number of hydrogen-bond acceptors (Lipinski definition) is 5. The van der Waals surface area contributed by atoms with Crippen LogP contribution in [0.15, 0.2) is 29.2 Å². The molecular weight excluding hydrogens is 356 g/mol. The Morgan fingerprint density at radius 1 is 1.19 bits per heavy atom. The minimum absolute atomic E-state index is 0.0323. The summed E-state index contributed by atoms with van der Waals surface area (Å²) in [7, 11) is -3.61. The van der Waals surface area contributed by atoms with Gasteiger partial charge in [-0.1, -0.05) is 19.9 Å². The van der Waals surface area contributed by atoms with E-state index in [4.69, 9.17) is 4.74 Å². The van der Waals surface area contributed by atoms with Crippen molar-refractivity contribution in [2.24, 2.45) is 5.92 Å². The van der Waals surface area contributed by atoms with Gasteiger partial charge in [-0.15, -0.1) is 0 Å². The van der Waals surface area contributed by atoms with Gasteiger partial charge in [-0.2, -0.15) is 4.31 Å². The van der Waals surface area contributed by atoms with E-state index in [1.54, 1.807) is 0 Å². The lowest BCUT2D eigenvalue weighted by Gasteiger charge is -2.17. The van der Waals surface area contributed by atoms with E-state index in [9.17, 15) is 18.0 Å². The summed E-state index contributed by atoms with van der Waals surface area (Å²) >= 11 is 0. The SMILES string of the molecule is CC(C)[C@H](C)NC(=O)COC(=O)c1cccc(S(=O)(=O)N2CCCC2)c1. The molecule has 0 unspecified atom stereocenters. The Hall–Kier alpha value is -1.93. The Labute approximate surface area is 154 Å². The number of ether oxygens (including phenoxy) is 1. The van der Waals surface area contributed by atoms with E-state index >= 15 is 0 Å². The lowest BCUT2D eigenvalue weighted by molar-refractivity contribution is -0.125. The van der Waals surface area contributed by atoms with Gasteiger partial charge in [0.1, 0.15) is 0 Å². The van der Waals surface area contributed by atoms with Crippen LogP contribution in [0, 0.1) is 5.92 Å². The number of rotatable bonds is 7. The van der Waals surface area contributed by atoms with Gasteiger partial charge in [-0.3, -0.25) is 4.79 Å². The van der Waals surface area contributed by atoms with E-state index in [-0.39, 0.29) is 28.3 Å². The molecule has 0 radical (unpaired) electrons. The third kappa shape index (κ3) is 5.04. The van der Waals surface area contributed by atoms with E-state index in [0.29, 0.717) is 13.1 Å². The highest BCUT2D eigenvalue weighted by atomic mass is 32.2. The predicted molar refractivity (Wildman–Crippen MR) is 97.2 cm³/mol. The number of sulfonamides is 1. The van der Waals surface area contributed by atoms with E-state index in [2.05, 4.69) is 5.32 Å². The van der Waals surface area contributed by atoms with Gasteiger partial charge >= 0.3 is 5.97 Å².